The van der Waals surface area contributed by atoms with Gasteiger partial charge in [0.15, 0.2) is 0 Å². The van der Waals surface area contributed by atoms with Crippen molar-refractivity contribution in [2.75, 3.05) is 13.1 Å². The van der Waals surface area contributed by atoms with Crippen molar-refractivity contribution in [3.05, 3.63) is 23.5 Å². The third kappa shape index (κ3) is 4.97. The van der Waals surface area contributed by atoms with Crippen LogP contribution >= 0.6 is 0 Å². The molecule has 0 radical (unpaired) electrons. The number of carboxylic acid groups (broad SMARTS) is 1. The van der Waals surface area contributed by atoms with Gasteiger partial charge in [-0.15, -0.1) is 0 Å². The van der Waals surface area contributed by atoms with Gasteiger partial charge < -0.3 is 14.2 Å². The quantitative estimate of drug-likeness (QED) is 0.356. The number of allylic oxidation sites excluding steroid dienone is 1. The number of fused-ring (bicyclic) bond motifs is 3. The molecule has 0 saturated heterocycles. The summed E-state index contributed by atoms with van der Waals surface area (Å²) in [4.78, 5) is 25.2. The van der Waals surface area contributed by atoms with Crippen LogP contribution in [0.2, 0.25) is 0 Å². The maximum Gasteiger partial charge on any atom is 0.445 e. The fraction of sp³-hybridized carbons (Fsp3) is 0.778. The van der Waals surface area contributed by atoms with E-state index in [1.54, 1.807) is 0 Å². The molecular formula is C27H41NO7S. The summed E-state index contributed by atoms with van der Waals surface area (Å²) in [5, 5.41) is 9.08. The minimum atomic E-state index is -4.60. The molecule has 9 heteroatoms. The second kappa shape index (κ2) is 9.46. The molecule has 3 saturated carbocycles. The number of carboxylic acids is 1. The van der Waals surface area contributed by atoms with Gasteiger partial charge in [0, 0.05) is 12.1 Å². The summed E-state index contributed by atoms with van der Waals surface area (Å²) in [6, 6.07) is 0. The molecule has 1 amide bonds. The van der Waals surface area contributed by atoms with Gasteiger partial charge in [-0.2, -0.15) is 8.42 Å². The highest BCUT2D eigenvalue weighted by atomic mass is 32.3. The lowest BCUT2D eigenvalue weighted by Gasteiger charge is -2.66. The maximum atomic E-state index is 12.8. The lowest BCUT2D eigenvalue weighted by Crippen LogP contribution is -2.58. The molecule has 0 unspecified atom stereocenters. The Morgan fingerprint density at radius 2 is 1.86 bits per heavy atom. The number of hydrogen-bond acceptors (Lipinski definition) is 5. The number of hydrogen-bond donors (Lipinski definition) is 2. The molecule has 0 bridgehead atoms. The Hall–Kier alpha value is -1.87. The van der Waals surface area contributed by atoms with Crippen LogP contribution in [-0.2, 0) is 24.2 Å². The van der Waals surface area contributed by atoms with Crippen LogP contribution in [0, 0.1) is 34.0 Å². The zero-order valence-corrected chi connectivity index (χ0v) is 22.8. The van der Waals surface area contributed by atoms with Gasteiger partial charge in [-0.3, -0.25) is 14.1 Å². The summed E-state index contributed by atoms with van der Waals surface area (Å²) >= 11 is 0. The zero-order valence-electron chi connectivity index (χ0n) is 22.0. The van der Waals surface area contributed by atoms with E-state index < -0.39 is 16.4 Å². The van der Waals surface area contributed by atoms with Crippen LogP contribution in [0.5, 0.6) is 0 Å². The van der Waals surface area contributed by atoms with Crippen LogP contribution < -0.4 is 0 Å². The van der Waals surface area contributed by atoms with Gasteiger partial charge in [0.25, 0.3) is 0 Å². The predicted molar refractivity (Wildman–Crippen MR) is 135 cm³/mol. The van der Waals surface area contributed by atoms with E-state index in [1.165, 1.54) is 30.4 Å². The number of carbonyl (C=O) groups is 2. The van der Waals surface area contributed by atoms with Crippen molar-refractivity contribution in [2.45, 2.75) is 85.5 Å². The van der Waals surface area contributed by atoms with Crippen LogP contribution in [0.3, 0.4) is 0 Å². The fourth-order valence-corrected chi connectivity index (χ4v) is 9.10. The van der Waals surface area contributed by atoms with Crippen molar-refractivity contribution < 1.29 is 31.8 Å². The number of carbonyl (C=O) groups excluding carboxylic acids is 1. The molecule has 2 N–H and O–H groups in total. The molecule has 0 aromatic heterocycles. The Kier molecular flexibility index (Phi) is 7.14. The van der Waals surface area contributed by atoms with Crippen LogP contribution in [0.15, 0.2) is 23.5 Å². The first-order valence-electron chi connectivity index (χ1n) is 13.2. The molecule has 36 heavy (non-hydrogen) atoms. The standard InChI is InChI=1S/C27H41NO7S/c1-25(2)12-5-13-27(4)21(25)10-14-26(3)20(19(7-9-22(26)27)17-35-36(32,33)34)8-6-18-11-15-28(24(18)31)16-23(29)30/h11,17,20-22H,5-10,12-16H2,1-4H3,(H,29,30)(H,32,33,34)/b19-17+/t20-,21-,22-,26+,27-/m0/s1. The highest BCUT2D eigenvalue weighted by Gasteiger charge is 2.61. The molecule has 5 atom stereocenters. The molecule has 0 spiro atoms. The predicted octanol–water partition coefficient (Wildman–Crippen LogP) is 4.98. The van der Waals surface area contributed by atoms with E-state index in [9.17, 15) is 22.6 Å². The van der Waals surface area contributed by atoms with Crippen LogP contribution in [0.25, 0.3) is 0 Å². The van der Waals surface area contributed by atoms with E-state index in [0.717, 1.165) is 24.8 Å². The SMILES string of the molecule is CC1(C)CCC[C@]2(C)[C@H]3CC/C(=C\OS(=O)(=O)O)[C@H](CCC4=CCN(CC(=O)O)C4=O)[C@@]3(C)CC[C@@H]12. The van der Waals surface area contributed by atoms with Crippen molar-refractivity contribution in [1.82, 2.24) is 4.90 Å². The van der Waals surface area contributed by atoms with Crippen molar-refractivity contribution in [3.63, 3.8) is 0 Å². The van der Waals surface area contributed by atoms with Gasteiger partial charge in [0.1, 0.15) is 12.8 Å². The molecule has 1 aliphatic heterocycles. The normalized spacial score (nSPS) is 37.3. The summed E-state index contributed by atoms with van der Waals surface area (Å²) in [6.45, 7) is 9.59. The fourth-order valence-electron chi connectivity index (χ4n) is 8.85. The molecule has 0 aromatic carbocycles. The largest absolute Gasteiger partial charge is 0.480 e. The first-order chi connectivity index (χ1) is 16.7. The smallest absolute Gasteiger partial charge is 0.445 e. The lowest BCUT2D eigenvalue weighted by atomic mass is 9.39. The van der Waals surface area contributed by atoms with Gasteiger partial charge in [-0.1, -0.05) is 40.2 Å². The van der Waals surface area contributed by atoms with Crippen molar-refractivity contribution in [1.29, 1.82) is 0 Å². The highest BCUT2D eigenvalue weighted by molar-refractivity contribution is 7.81. The highest BCUT2D eigenvalue weighted by Crippen LogP contribution is 2.69. The average Bonchev–Trinajstić information content (AvgIpc) is 3.08. The first-order valence-corrected chi connectivity index (χ1v) is 14.6. The number of nitrogens with zero attached hydrogens (tertiary/aromatic N) is 1. The van der Waals surface area contributed by atoms with Crippen LogP contribution in [0.4, 0.5) is 0 Å². The zero-order chi connectivity index (χ0) is 26.5. The second-order valence-corrected chi connectivity index (χ2v) is 13.7. The van der Waals surface area contributed by atoms with E-state index in [2.05, 4.69) is 27.7 Å². The van der Waals surface area contributed by atoms with Gasteiger partial charge in [0.2, 0.25) is 5.91 Å². The number of rotatable bonds is 7. The van der Waals surface area contributed by atoms with E-state index in [0.29, 0.717) is 48.6 Å². The summed E-state index contributed by atoms with van der Waals surface area (Å²) < 4.78 is 36.7. The molecule has 1 heterocycles. The topological polar surface area (TPSA) is 121 Å². The molecule has 4 rings (SSSR count). The Morgan fingerprint density at radius 1 is 1.14 bits per heavy atom. The number of aliphatic carboxylic acids is 1. The molecule has 8 nitrogen and oxygen atoms in total. The summed E-state index contributed by atoms with van der Waals surface area (Å²) in [5.41, 5.74) is 1.90. The van der Waals surface area contributed by atoms with E-state index in [4.69, 9.17) is 9.29 Å². The Labute approximate surface area is 215 Å². The van der Waals surface area contributed by atoms with Gasteiger partial charge >= 0.3 is 16.4 Å². The maximum absolute atomic E-state index is 12.8. The minimum absolute atomic E-state index is 0.00281. The van der Waals surface area contributed by atoms with E-state index in [1.807, 2.05) is 6.08 Å². The van der Waals surface area contributed by atoms with E-state index >= 15 is 0 Å². The molecular weight excluding hydrogens is 482 g/mol. The monoisotopic (exact) mass is 523 g/mol. The Bertz CT molecular complexity index is 1080. The number of amides is 1. The Balaban J connectivity index is 1.62. The first kappa shape index (κ1) is 27.2. The second-order valence-electron chi connectivity index (χ2n) is 12.7. The third-order valence-corrected chi connectivity index (χ3v) is 10.6. The van der Waals surface area contributed by atoms with Gasteiger partial charge in [-0.05, 0) is 90.9 Å². The van der Waals surface area contributed by atoms with Crippen molar-refractivity contribution >= 4 is 22.3 Å². The van der Waals surface area contributed by atoms with E-state index in [-0.39, 0.29) is 29.2 Å². The average molecular weight is 524 g/mol. The van der Waals surface area contributed by atoms with Crippen LogP contribution in [0.1, 0.15) is 85.5 Å². The summed E-state index contributed by atoms with van der Waals surface area (Å²) in [6.07, 6.45) is 11.6. The molecule has 3 aliphatic carbocycles. The molecule has 202 valence electrons. The Morgan fingerprint density at radius 3 is 2.53 bits per heavy atom. The van der Waals surface area contributed by atoms with Gasteiger partial charge in [0.05, 0.1) is 0 Å². The summed E-state index contributed by atoms with van der Waals surface area (Å²) in [7, 11) is -4.60. The molecule has 3 fully saturated rings. The third-order valence-electron chi connectivity index (χ3n) is 10.3. The summed E-state index contributed by atoms with van der Waals surface area (Å²) in [5.74, 6) is -0.162. The molecule has 4 aliphatic rings. The molecule has 0 aromatic rings. The van der Waals surface area contributed by atoms with Crippen molar-refractivity contribution in [2.24, 2.45) is 34.0 Å². The lowest BCUT2D eigenvalue weighted by molar-refractivity contribution is -0.154. The van der Waals surface area contributed by atoms with Crippen LogP contribution in [-0.4, -0.2) is 47.9 Å². The minimum Gasteiger partial charge on any atom is -0.480 e. The van der Waals surface area contributed by atoms with Gasteiger partial charge in [-0.25, -0.2) is 0 Å². The van der Waals surface area contributed by atoms with Crippen molar-refractivity contribution in [3.8, 4) is 0 Å².